The van der Waals surface area contributed by atoms with E-state index in [9.17, 15) is 9.90 Å². The molecule has 1 aliphatic heterocycles. The number of rotatable bonds is 5. The summed E-state index contributed by atoms with van der Waals surface area (Å²) in [4.78, 5) is 15.1. The molecule has 24 heavy (non-hydrogen) atoms. The minimum absolute atomic E-state index is 0.0854. The molecule has 0 saturated carbocycles. The summed E-state index contributed by atoms with van der Waals surface area (Å²) in [6.07, 6.45) is 1.68. The van der Waals surface area contributed by atoms with Crippen LogP contribution < -0.4 is 4.74 Å². The molecule has 1 fully saturated rings. The van der Waals surface area contributed by atoms with Gasteiger partial charge in [-0.25, -0.2) is 0 Å². The first-order chi connectivity index (χ1) is 11.6. The summed E-state index contributed by atoms with van der Waals surface area (Å²) in [5.74, 6) is -0.141. The molecule has 2 atom stereocenters. The highest BCUT2D eigenvalue weighted by Crippen LogP contribution is 2.37. The maximum absolute atomic E-state index is 11.5. The van der Waals surface area contributed by atoms with Crippen LogP contribution in [0.15, 0.2) is 35.7 Å². The fourth-order valence-corrected chi connectivity index (χ4v) is 4.53. The Balaban J connectivity index is 1.99. The molecule has 1 saturated heterocycles. The predicted molar refractivity (Wildman–Crippen MR) is 95.8 cm³/mol. The quantitative estimate of drug-likeness (QED) is 0.891. The van der Waals surface area contributed by atoms with Crippen LogP contribution in [-0.4, -0.2) is 36.2 Å². The SMILES string of the molecule is COc1cccc(C(c2sccc2C)N2CCCC(C(=O)O)C2)c1. The number of thiophene rings is 1. The highest BCUT2D eigenvalue weighted by Gasteiger charge is 2.32. The van der Waals surface area contributed by atoms with Crippen molar-refractivity contribution >= 4 is 17.3 Å². The first-order valence-corrected chi connectivity index (χ1v) is 9.13. The molecular formula is C19H23NO3S. The van der Waals surface area contributed by atoms with E-state index in [2.05, 4.69) is 35.4 Å². The molecule has 2 heterocycles. The minimum atomic E-state index is -0.688. The number of nitrogens with zero attached hydrogens (tertiary/aromatic N) is 1. The van der Waals surface area contributed by atoms with Crippen LogP contribution in [0.1, 0.15) is 34.9 Å². The lowest BCUT2D eigenvalue weighted by molar-refractivity contribution is -0.143. The van der Waals surface area contributed by atoms with Gasteiger partial charge in [0.25, 0.3) is 0 Å². The fourth-order valence-electron chi connectivity index (χ4n) is 3.45. The number of aryl methyl sites for hydroxylation is 1. The van der Waals surface area contributed by atoms with Gasteiger partial charge in [-0.1, -0.05) is 12.1 Å². The summed E-state index contributed by atoms with van der Waals surface area (Å²) in [6.45, 7) is 3.63. The molecule has 0 radical (unpaired) electrons. The Kier molecular flexibility index (Phi) is 5.21. The van der Waals surface area contributed by atoms with E-state index in [0.29, 0.717) is 6.54 Å². The van der Waals surface area contributed by atoms with E-state index in [0.717, 1.165) is 30.7 Å². The van der Waals surface area contributed by atoms with E-state index in [1.54, 1.807) is 18.4 Å². The third-order valence-corrected chi connectivity index (χ3v) is 5.80. The maximum Gasteiger partial charge on any atom is 0.307 e. The van der Waals surface area contributed by atoms with E-state index in [1.807, 2.05) is 12.1 Å². The Morgan fingerprint density at radius 2 is 2.25 bits per heavy atom. The Hall–Kier alpha value is -1.85. The van der Waals surface area contributed by atoms with Crippen molar-refractivity contribution in [3.8, 4) is 5.75 Å². The third-order valence-electron chi connectivity index (χ3n) is 4.73. The van der Waals surface area contributed by atoms with E-state index in [1.165, 1.54) is 10.4 Å². The molecule has 2 unspecified atom stereocenters. The number of likely N-dealkylation sites (tertiary alicyclic amines) is 1. The molecule has 1 aromatic heterocycles. The molecule has 128 valence electrons. The van der Waals surface area contributed by atoms with Crippen molar-refractivity contribution < 1.29 is 14.6 Å². The first-order valence-electron chi connectivity index (χ1n) is 8.25. The van der Waals surface area contributed by atoms with Crippen LogP contribution in [0.5, 0.6) is 5.75 Å². The van der Waals surface area contributed by atoms with Gasteiger partial charge in [-0.2, -0.15) is 0 Å². The highest BCUT2D eigenvalue weighted by atomic mass is 32.1. The lowest BCUT2D eigenvalue weighted by Crippen LogP contribution is -2.41. The Morgan fingerprint density at radius 1 is 1.42 bits per heavy atom. The lowest BCUT2D eigenvalue weighted by Gasteiger charge is -2.37. The van der Waals surface area contributed by atoms with Gasteiger partial charge < -0.3 is 9.84 Å². The maximum atomic E-state index is 11.5. The van der Waals surface area contributed by atoms with E-state index < -0.39 is 5.97 Å². The number of carbonyl (C=O) groups is 1. The summed E-state index contributed by atoms with van der Waals surface area (Å²) < 4.78 is 5.39. The second kappa shape index (κ2) is 7.36. The molecule has 0 amide bonds. The summed E-state index contributed by atoms with van der Waals surface area (Å²) in [7, 11) is 1.67. The van der Waals surface area contributed by atoms with Gasteiger partial charge in [0.2, 0.25) is 0 Å². The summed E-state index contributed by atoms with van der Waals surface area (Å²) in [6, 6.07) is 10.3. The number of ether oxygens (including phenoxy) is 1. The standard InChI is InChI=1S/C19H23NO3S/c1-13-8-10-24-18(13)17(14-5-3-7-16(11-14)23-2)20-9-4-6-15(12-20)19(21)22/h3,5,7-8,10-11,15,17H,4,6,9,12H2,1-2H3,(H,21,22). The molecule has 0 spiro atoms. The zero-order valence-electron chi connectivity index (χ0n) is 14.1. The van der Waals surface area contributed by atoms with Crippen molar-refractivity contribution in [2.24, 2.45) is 5.92 Å². The molecule has 0 aliphatic carbocycles. The van der Waals surface area contributed by atoms with Crippen molar-refractivity contribution in [3.05, 3.63) is 51.7 Å². The van der Waals surface area contributed by atoms with Gasteiger partial charge in [-0.3, -0.25) is 9.69 Å². The molecule has 1 N–H and O–H groups in total. The number of aliphatic carboxylic acids is 1. The fraction of sp³-hybridized carbons (Fsp3) is 0.421. The smallest absolute Gasteiger partial charge is 0.307 e. The van der Waals surface area contributed by atoms with Gasteiger partial charge in [-0.15, -0.1) is 11.3 Å². The second-order valence-electron chi connectivity index (χ2n) is 6.32. The average Bonchev–Trinajstić information content (AvgIpc) is 3.01. The van der Waals surface area contributed by atoms with Crippen LogP contribution >= 0.6 is 11.3 Å². The predicted octanol–water partition coefficient (Wildman–Crippen LogP) is 3.95. The molecule has 4 nitrogen and oxygen atoms in total. The number of piperidine rings is 1. The zero-order valence-corrected chi connectivity index (χ0v) is 14.9. The van der Waals surface area contributed by atoms with Crippen molar-refractivity contribution in [2.45, 2.75) is 25.8 Å². The third kappa shape index (κ3) is 3.47. The lowest BCUT2D eigenvalue weighted by atomic mass is 9.93. The highest BCUT2D eigenvalue weighted by molar-refractivity contribution is 7.10. The number of carboxylic acid groups (broad SMARTS) is 1. The van der Waals surface area contributed by atoms with Crippen LogP contribution in [0.3, 0.4) is 0 Å². The van der Waals surface area contributed by atoms with Gasteiger partial charge in [0, 0.05) is 11.4 Å². The number of hydrogen-bond donors (Lipinski definition) is 1. The zero-order chi connectivity index (χ0) is 17.1. The van der Waals surface area contributed by atoms with E-state index >= 15 is 0 Å². The van der Waals surface area contributed by atoms with Crippen LogP contribution in [0, 0.1) is 12.8 Å². The summed E-state index contributed by atoms with van der Waals surface area (Å²) in [5.41, 5.74) is 2.41. The molecule has 3 rings (SSSR count). The van der Waals surface area contributed by atoms with Crippen molar-refractivity contribution in [3.63, 3.8) is 0 Å². The van der Waals surface area contributed by atoms with Gasteiger partial charge in [0.1, 0.15) is 5.75 Å². The topological polar surface area (TPSA) is 49.8 Å². The molecule has 5 heteroatoms. The number of carboxylic acids is 1. The summed E-state index contributed by atoms with van der Waals surface area (Å²) >= 11 is 1.74. The molecular weight excluding hydrogens is 322 g/mol. The van der Waals surface area contributed by atoms with Gasteiger partial charge in [0.15, 0.2) is 0 Å². The largest absolute Gasteiger partial charge is 0.497 e. The first kappa shape index (κ1) is 17.0. The molecule has 0 bridgehead atoms. The number of hydrogen-bond acceptors (Lipinski definition) is 4. The molecule has 1 aromatic carbocycles. The van der Waals surface area contributed by atoms with Crippen molar-refractivity contribution in [2.75, 3.05) is 20.2 Å². The van der Waals surface area contributed by atoms with Gasteiger partial charge in [-0.05, 0) is 61.0 Å². The Labute approximate surface area is 146 Å². The van der Waals surface area contributed by atoms with Crippen LogP contribution in [0.25, 0.3) is 0 Å². The number of methoxy groups -OCH3 is 1. The van der Waals surface area contributed by atoms with Crippen molar-refractivity contribution in [1.29, 1.82) is 0 Å². The van der Waals surface area contributed by atoms with Crippen LogP contribution in [-0.2, 0) is 4.79 Å². The monoisotopic (exact) mass is 345 g/mol. The number of benzene rings is 1. The van der Waals surface area contributed by atoms with E-state index in [4.69, 9.17) is 4.74 Å². The van der Waals surface area contributed by atoms with Gasteiger partial charge >= 0.3 is 5.97 Å². The molecule has 1 aliphatic rings. The Morgan fingerprint density at radius 3 is 2.92 bits per heavy atom. The van der Waals surface area contributed by atoms with E-state index in [-0.39, 0.29) is 12.0 Å². The van der Waals surface area contributed by atoms with Gasteiger partial charge in [0.05, 0.1) is 19.1 Å². The minimum Gasteiger partial charge on any atom is -0.497 e. The van der Waals surface area contributed by atoms with Crippen LogP contribution in [0.4, 0.5) is 0 Å². The van der Waals surface area contributed by atoms with Crippen LogP contribution in [0.2, 0.25) is 0 Å². The van der Waals surface area contributed by atoms with Crippen molar-refractivity contribution in [1.82, 2.24) is 4.90 Å². The molecule has 2 aromatic rings. The normalized spacial score (nSPS) is 19.8. The Bertz CT molecular complexity index is 712. The second-order valence-corrected chi connectivity index (χ2v) is 7.27. The average molecular weight is 345 g/mol. The summed E-state index contributed by atoms with van der Waals surface area (Å²) in [5, 5.41) is 11.5.